The maximum atomic E-state index is 12.6. The third-order valence-electron chi connectivity index (χ3n) is 3.66. The molecule has 1 aromatic carbocycles. The number of aryl methyl sites for hydroxylation is 3. The van der Waals surface area contributed by atoms with Crippen molar-refractivity contribution in [2.45, 2.75) is 6.92 Å². The van der Waals surface area contributed by atoms with Gasteiger partial charge in [0.1, 0.15) is 7.05 Å². The van der Waals surface area contributed by atoms with Gasteiger partial charge in [0.25, 0.3) is 11.5 Å². The van der Waals surface area contributed by atoms with E-state index in [4.69, 9.17) is 0 Å². The number of nitrogens with zero attached hydrogens (tertiary/aromatic N) is 3. The number of fused-ring (bicyclic) bond motifs is 1. The lowest BCUT2D eigenvalue weighted by molar-refractivity contribution is -0.646. The Morgan fingerprint density at radius 3 is 2.75 bits per heavy atom. The van der Waals surface area contributed by atoms with Crippen molar-refractivity contribution >= 4 is 16.7 Å². The third kappa shape index (κ3) is 1.81. The van der Waals surface area contributed by atoms with Crippen LogP contribution in [0, 0.1) is 6.92 Å². The van der Waals surface area contributed by atoms with E-state index in [9.17, 15) is 4.79 Å². The normalized spacial score (nSPS) is 10.9. The van der Waals surface area contributed by atoms with Gasteiger partial charge in [-0.1, -0.05) is 12.1 Å². The minimum absolute atomic E-state index is 0.0612. The molecule has 0 bridgehead atoms. The molecule has 0 radical (unpaired) electrons. The highest BCUT2D eigenvalue weighted by molar-refractivity contribution is 6.05. The predicted octanol–water partition coefficient (Wildman–Crippen LogP) is 1.94. The number of imidazole rings is 1. The van der Waals surface area contributed by atoms with Gasteiger partial charge in [0.15, 0.2) is 5.82 Å². The first-order chi connectivity index (χ1) is 9.59. The summed E-state index contributed by atoms with van der Waals surface area (Å²) in [7, 11) is 3.74. The van der Waals surface area contributed by atoms with Crippen LogP contribution in [0.1, 0.15) is 21.9 Å². The highest BCUT2D eigenvalue weighted by Crippen LogP contribution is 2.17. The molecule has 0 aliphatic rings. The summed E-state index contributed by atoms with van der Waals surface area (Å²) >= 11 is 0. The Morgan fingerprint density at radius 2 is 2.05 bits per heavy atom. The summed E-state index contributed by atoms with van der Waals surface area (Å²) in [6.07, 6.45) is 3.42. The lowest BCUT2D eigenvalue weighted by atomic mass is 10.1. The van der Waals surface area contributed by atoms with Gasteiger partial charge in [0.05, 0.1) is 0 Å². The lowest BCUT2D eigenvalue weighted by Crippen LogP contribution is -2.38. The molecule has 0 unspecified atom stereocenters. The molecule has 0 aliphatic carbocycles. The van der Waals surface area contributed by atoms with Gasteiger partial charge in [-0.25, -0.2) is 4.98 Å². The molecular weight excluding hydrogens is 250 g/mol. The summed E-state index contributed by atoms with van der Waals surface area (Å²) in [6, 6.07) is 10.0. The molecule has 2 aromatic heterocycles. The van der Waals surface area contributed by atoms with Crippen molar-refractivity contribution in [3.8, 4) is 0 Å². The van der Waals surface area contributed by atoms with Gasteiger partial charge in [0.2, 0.25) is 5.52 Å². The van der Waals surface area contributed by atoms with E-state index in [-0.39, 0.29) is 5.78 Å². The van der Waals surface area contributed by atoms with Crippen LogP contribution < -0.4 is 4.57 Å². The van der Waals surface area contributed by atoms with E-state index in [0.29, 0.717) is 11.5 Å². The highest BCUT2D eigenvalue weighted by atomic mass is 16.1. The Balaban J connectivity index is 2.25. The molecular formula is C16H16N3O+. The van der Waals surface area contributed by atoms with E-state index in [1.807, 2.05) is 49.9 Å². The Labute approximate surface area is 117 Å². The second-order valence-corrected chi connectivity index (χ2v) is 4.98. The van der Waals surface area contributed by atoms with E-state index in [2.05, 4.69) is 11.1 Å². The number of pyridine rings is 1. The van der Waals surface area contributed by atoms with Crippen LogP contribution in [0.3, 0.4) is 0 Å². The Kier molecular flexibility index (Phi) is 2.86. The average Bonchev–Trinajstić information content (AvgIpc) is 2.88. The number of carbonyl (C=O) groups is 1. The molecule has 0 aliphatic heterocycles. The van der Waals surface area contributed by atoms with Gasteiger partial charge in [-0.05, 0) is 18.6 Å². The molecule has 3 aromatic rings. The molecule has 20 heavy (non-hydrogen) atoms. The van der Waals surface area contributed by atoms with Gasteiger partial charge in [-0.15, -0.1) is 0 Å². The number of aromatic nitrogens is 3. The van der Waals surface area contributed by atoms with Crippen molar-refractivity contribution in [1.82, 2.24) is 9.55 Å². The maximum Gasteiger partial charge on any atom is 0.292 e. The standard InChI is InChI=1S/C16H16N3O/c1-11-10-14(15(20)16-17-8-9-18(16)2)19(3)13-7-5-4-6-12(11)13/h4-10H,1-3H3/q+1. The molecule has 0 fully saturated rings. The zero-order valence-electron chi connectivity index (χ0n) is 11.8. The predicted molar refractivity (Wildman–Crippen MR) is 76.5 cm³/mol. The molecule has 100 valence electrons. The van der Waals surface area contributed by atoms with Crippen molar-refractivity contribution in [2.24, 2.45) is 14.1 Å². The molecule has 0 atom stereocenters. The van der Waals surface area contributed by atoms with Gasteiger partial charge in [0, 0.05) is 37.0 Å². The van der Waals surface area contributed by atoms with Crippen molar-refractivity contribution in [3.63, 3.8) is 0 Å². The molecule has 4 nitrogen and oxygen atoms in total. The maximum absolute atomic E-state index is 12.6. The largest absolute Gasteiger partial charge is 0.331 e. The fourth-order valence-electron chi connectivity index (χ4n) is 2.53. The fraction of sp³-hybridized carbons (Fsp3) is 0.188. The second kappa shape index (κ2) is 4.56. The van der Waals surface area contributed by atoms with Crippen molar-refractivity contribution in [1.29, 1.82) is 0 Å². The van der Waals surface area contributed by atoms with Gasteiger partial charge >= 0.3 is 0 Å². The molecule has 0 amide bonds. The number of benzene rings is 1. The number of carbonyl (C=O) groups excluding carboxylic acids is 1. The third-order valence-corrected chi connectivity index (χ3v) is 3.66. The number of hydrogen-bond acceptors (Lipinski definition) is 2. The molecule has 0 N–H and O–H groups in total. The van der Waals surface area contributed by atoms with E-state index in [0.717, 1.165) is 16.5 Å². The van der Waals surface area contributed by atoms with Crippen LogP contribution in [-0.2, 0) is 14.1 Å². The average molecular weight is 266 g/mol. The van der Waals surface area contributed by atoms with E-state index < -0.39 is 0 Å². The van der Waals surface area contributed by atoms with Crippen LogP contribution in [0.2, 0.25) is 0 Å². The zero-order valence-corrected chi connectivity index (χ0v) is 11.8. The van der Waals surface area contributed by atoms with E-state index in [1.54, 1.807) is 17.0 Å². The molecule has 3 rings (SSSR count). The molecule has 2 heterocycles. The number of ketones is 1. The zero-order chi connectivity index (χ0) is 14.3. The minimum atomic E-state index is -0.0612. The van der Waals surface area contributed by atoms with Crippen LogP contribution >= 0.6 is 0 Å². The lowest BCUT2D eigenvalue weighted by Gasteiger charge is -2.05. The first-order valence-electron chi connectivity index (χ1n) is 6.50. The number of para-hydroxylation sites is 1. The summed E-state index contributed by atoms with van der Waals surface area (Å²) in [5.74, 6) is 0.393. The van der Waals surface area contributed by atoms with Crippen molar-refractivity contribution < 1.29 is 9.36 Å². The molecule has 0 spiro atoms. The van der Waals surface area contributed by atoms with E-state index in [1.165, 1.54) is 0 Å². The summed E-state index contributed by atoms with van der Waals surface area (Å²) in [5, 5.41) is 1.16. The van der Waals surface area contributed by atoms with Crippen LogP contribution in [0.25, 0.3) is 10.9 Å². The number of hydrogen-bond donors (Lipinski definition) is 0. The molecule has 4 heteroatoms. The minimum Gasteiger partial charge on any atom is -0.331 e. The molecule has 0 saturated heterocycles. The highest BCUT2D eigenvalue weighted by Gasteiger charge is 2.25. The van der Waals surface area contributed by atoms with Crippen molar-refractivity contribution in [3.05, 3.63) is 59.8 Å². The summed E-state index contributed by atoms with van der Waals surface area (Å²) < 4.78 is 3.67. The van der Waals surface area contributed by atoms with Gasteiger partial charge in [-0.3, -0.25) is 4.79 Å². The Hall–Kier alpha value is -2.49. The molecule has 0 saturated carbocycles. The SMILES string of the molecule is Cc1cc(C(=O)c2nccn2C)[n+](C)c2ccccc12. The second-order valence-electron chi connectivity index (χ2n) is 4.98. The topological polar surface area (TPSA) is 38.8 Å². The van der Waals surface area contributed by atoms with E-state index >= 15 is 0 Å². The van der Waals surface area contributed by atoms with Crippen molar-refractivity contribution in [2.75, 3.05) is 0 Å². The van der Waals surface area contributed by atoms with Crippen LogP contribution in [0.4, 0.5) is 0 Å². The fourth-order valence-corrected chi connectivity index (χ4v) is 2.53. The summed E-state index contributed by atoms with van der Waals surface area (Å²) in [4.78, 5) is 16.8. The summed E-state index contributed by atoms with van der Waals surface area (Å²) in [5.41, 5.74) is 2.79. The van der Waals surface area contributed by atoms with Crippen LogP contribution in [0.15, 0.2) is 42.7 Å². The monoisotopic (exact) mass is 266 g/mol. The quantitative estimate of drug-likeness (QED) is 0.525. The number of rotatable bonds is 2. The van der Waals surface area contributed by atoms with Crippen LogP contribution in [0.5, 0.6) is 0 Å². The smallest absolute Gasteiger partial charge is 0.292 e. The van der Waals surface area contributed by atoms with Gasteiger partial charge < -0.3 is 4.57 Å². The van der Waals surface area contributed by atoms with Gasteiger partial charge in [-0.2, -0.15) is 4.57 Å². The summed E-state index contributed by atoms with van der Waals surface area (Å²) in [6.45, 7) is 2.03. The first-order valence-corrected chi connectivity index (χ1v) is 6.50. The van der Waals surface area contributed by atoms with Crippen LogP contribution in [-0.4, -0.2) is 15.3 Å². The Bertz CT molecular complexity index is 818. The Morgan fingerprint density at radius 1 is 1.30 bits per heavy atom. The first kappa shape index (κ1) is 12.5.